The van der Waals surface area contributed by atoms with Crippen LogP contribution in [0.4, 0.5) is 0 Å². The van der Waals surface area contributed by atoms with Gasteiger partial charge in [-0.15, -0.1) is 0 Å². The van der Waals surface area contributed by atoms with Crippen LogP contribution < -0.4 is 14.8 Å². The van der Waals surface area contributed by atoms with E-state index >= 15 is 0 Å². The smallest absolute Gasteiger partial charge is 0.244 e. The monoisotopic (exact) mass is 559 g/mol. The molecule has 0 spiro atoms. The molecule has 0 saturated carbocycles. The zero-order valence-corrected chi connectivity index (χ0v) is 24.0. The van der Waals surface area contributed by atoms with Crippen LogP contribution in [0.2, 0.25) is 0 Å². The molecule has 1 N–H and O–H groups in total. The van der Waals surface area contributed by atoms with Crippen LogP contribution in [0.5, 0.6) is 11.5 Å². The molecule has 41 heavy (non-hydrogen) atoms. The van der Waals surface area contributed by atoms with Crippen LogP contribution in [-0.2, 0) is 14.3 Å². The van der Waals surface area contributed by atoms with Crippen molar-refractivity contribution >= 4 is 12.0 Å². The Bertz CT molecular complexity index is 1170. The largest absolute Gasteiger partial charge is 0.493 e. The van der Waals surface area contributed by atoms with Crippen LogP contribution in [0.1, 0.15) is 22.7 Å². The third-order valence-electron chi connectivity index (χ3n) is 7.07. The lowest BCUT2D eigenvalue weighted by atomic mass is 9.96. The number of carbonyl (C=O) groups is 1. The fraction of sp³-hybridized carbons (Fsp3) is 0.364. The summed E-state index contributed by atoms with van der Waals surface area (Å²) in [6.45, 7) is 6.37. The molecule has 1 aliphatic rings. The van der Waals surface area contributed by atoms with E-state index in [-0.39, 0.29) is 18.7 Å². The summed E-state index contributed by atoms with van der Waals surface area (Å²) in [5.41, 5.74) is 3.48. The summed E-state index contributed by atoms with van der Waals surface area (Å²) in [6.07, 6.45) is 3.31. The highest BCUT2D eigenvalue weighted by atomic mass is 16.7. The van der Waals surface area contributed by atoms with Crippen LogP contribution in [0, 0.1) is 0 Å². The number of carbonyl (C=O) groups excluding carboxylic acids is 1. The van der Waals surface area contributed by atoms with Gasteiger partial charge in [-0.2, -0.15) is 0 Å². The molecule has 1 saturated heterocycles. The lowest BCUT2D eigenvalue weighted by Gasteiger charge is -2.39. The number of hydrogen-bond donors (Lipinski definition) is 1. The number of nitrogens with zero attached hydrogens (tertiary/aromatic N) is 2. The van der Waals surface area contributed by atoms with Gasteiger partial charge in [-0.1, -0.05) is 66.7 Å². The highest BCUT2D eigenvalue weighted by Gasteiger charge is 2.26. The third-order valence-corrected chi connectivity index (χ3v) is 7.07. The fourth-order valence-electron chi connectivity index (χ4n) is 4.91. The molecule has 3 aromatic carbocycles. The Morgan fingerprint density at radius 3 is 2.20 bits per heavy atom. The molecular weight excluding hydrogens is 518 g/mol. The van der Waals surface area contributed by atoms with Gasteiger partial charge in [0.05, 0.1) is 26.4 Å². The van der Waals surface area contributed by atoms with Crippen molar-refractivity contribution in [2.45, 2.75) is 6.04 Å². The van der Waals surface area contributed by atoms with Crippen LogP contribution in [0.3, 0.4) is 0 Å². The fourth-order valence-corrected chi connectivity index (χ4v) is 4.91. The molecule has 0 aromatic heterocycles. The number of amides is 1. The van der Waals surface area contributed by atoms with E-state index in [1.54, 1.807) is 32.4 Å². The summed E-state index contributed by atoms with van der Waals surface area (Å²) in [6, 6.07) is 27.2. The summed E-state index contributed by atoms with van der Waals surface area (Å²) >= 11 is 0. The first-order chi connectivity index (χ1) is 20.2. The van der Waals surface area contributed by atoms with E-state index in [2.05, 4.69) is 75.8 Å². The van der Waals surface area contributed by atoms with Gasteiger partial charge in [0.25, 0.3) is 0 Å². The van der Waals surface area contributed by atoms with Gasteiger partial charge in [0.15, 0.2) is 18.3 Å². The molecule has 1 fully saturated rings. The first-order valence-corrected chi connectivity index (χ1v) is 14.1. The highest BCUT2D eigenvalue weighted by molar-refractivity contribution is 5.91. The zero-order valence-electron chi connectivity index (χ0n) is 24.0. The Labute approximate surface area is 243 Å². The summed E-state index contributed by atoms with van der Waals surface area (Å²) in [5, 5.41) is 3.01. The van der Waals surface area contributed by atoms with Crippen molar-refractivity contribution in [2.75, 3.05) is 73.5 Å². The Hall–Kier alpha value is -3.69. The number of rotatable bonds is 15. The number of nitrogens with one attached hydrogen (secondary N) is 1. The minimum atomic E-state index is -0.123. The number of methoxy groups -OCH3 is 2. The third kappa shape index (κ3) is 9.43. The molecule has 8 heteroatoms. The van der Waals surface area contributed by atoms with Gasteiger partial charge in [0.1, 0.15) is 0 Å². The first kappa shape index (κ1) is 30.3. The molecule has 1 aliphatic heterocycles. The molecule has 0 atom stereocenters. The molecule has 1 heterocycles. The van der Waals surface area contributed by atoms with Crippen LogP contribution >= 0.6 is 0 Å². The lowest BCUT2D eigenvalue weighted by Crippen LogP contribution is -2.49. The zero-order chi connectivity index (χ0) is 28.7. The van der Waals surface area contributed by atoms with Gasteiger partial charge in [-0.05, 0) is 34.9 Å². The SMILES string of the molecule is COCCOCOc1ccc(C=CC(=O)NCCN2CCN(C(c3ccccc3)c3ccccc3)CC2)cc1OC. The summed E-state index contributed by atoms with van der Waals surface area (Å²) in [5.74, 6) is 1.02. The second kappa shape index (κ2) is 16.5. The van der Waals surface area contributed by atoms with E-state index in [0.717, 1.165) is 38.3 Å². The Balaban J connectivity index is 1.21. The topological polar surface area (TPSA) is 72.5 Å². The number of benzene rings is 3. The predicted molar refractivity (Wildman–Crippen MR) is 161 cm³/mol. The Morgan fingerprint density at radius 1 is 0.878 bits per heavy atom. The molecule has 4 rings (SSSR count). The Morgan fingerprint density at radius 2 is 1.56 bits per heavy atom. The number of hydrogen-bond acceptors (Lipinski definition) is 7. The van der Waals surface area contributed by atoms with Gasteiger partial charge >= 0.3 is 0 Å². The van der Waals surface area contributed by atoms with Gasteiger partial charge in [-0.25, -0.2) is 0 Å². The molecule has 8 nitrogen and oxygen atoms in total. The average molecular weight is 560 g/mol. The van der Waals surface area contributed by atoms with Crippen molar-refractivity contribution in [1.29, 1.82) is 0 Å². The molecular formula is C33H41N3O5. The predicted octanol–water partition coefficient (Wildman–Crippen LogP) is 4.23. The molecule has 0 unspecified atom stereocenters. The van der Waals surface area contributed by atoms with Crippen molar-refractivity contribution < 1.29 is 23.7 Å². The van der Waals surface area contributed by atoms with E-state index in [1.807, 2.05) is 12.1 Å². The van der Waals surface area contributed by atoms with Crippen LogP contribution in [-0.4, -0.2) is 89.2 Å². The average Bonchev–Trinajstić information content (AvgIpc) is 3.02. The molecule has 3 aromatic rings. The maximum absolute atomic E-state index is 12.5. The van der Waals surface area contributed by atoms with Crippen LogP contribution in [0.25, 0.3) is 6.08 Å². The molecule has 1 amide bonds. The molecule has 0 aliphatic carbocycles. The molecule has 0 bridgehead atoms. The Kier molecular flexibility index (Phi) is 12.2. The molecule has 218 valence electrons. The maximum Gasteiger partial charge on any atom is 0.244 e. The summed E-state index contributed by atoms with van der Waals surface area (Å²) in [4.78, 5) is 17.4. The number of ether oxygens (including phenoxy) is 4. The minimum Gasteiger partial charge on any atom is -0.493 e. The lowest BCUT2D eigenvalue weighted by molar-refractivity contribution is -0.116. The van der Waals surface area contributed by atoms with Gasteiger partial charge in [-0.3, -0.25) is 14.6 Å². The standard InChI is InChI=1S/C33H41N3O5/c1-38-23-24-40-26-41-30-15-13-27(25-31(30)39-2)14-16-32(37)34-17-18-35-19-21-36(22-20-35)33(28-9-5-3-6-10-28)29-11-7-4-8-12-29/h3-16,25,33H,17-24,26H2,1-2H3,(H,34,37). The van der Waals surface area contributed by atoms with E-state index in [0.29, 0.717) is 31.3 Å². The second-order valence-electron chi connectivity index (χ2n) is 9.80. The van der Waals surface area contributed by atoms with Crippen molar-refractivity contribution in [2.24, 2.45) is 0 Å². The van der Waals surface area contributed by atoms with Crippen molar-refractivity contribution in [1.82, 2.24) is 15.1 Å². The van der Waals surface area contributed by atoms with Gasteiger partial charge in [0.2, 0.25) is 5.91 Å². The van der Waals surface area contributed by atoms with E-state index in [1.165, 1.54) is 11.1 Å². The van der Waals surface area contributed by atoms with E-state index in [9.17, 15) is 4.79 Å². The van der Waals surface area contributed by atoms with Gasteiger partial charge < -0.3 is 24.3 Å². The van der Waals surface area contributed by atoms with Crippen molar-refractivity contribution in [3.8, 4) is 11.5 Å². The van der Waals surface area contributed by atoms with Crippen LogP contribution in [0.15, 0.2) is 84.9 Å². The van der Waals surface area contributed by atoms with Gasteiger partial charge in [0, 0.05) is 52.5 Å². The van der Waals surface area contributed by atoms with Crippen molar-refractivity contribution in [3.05, 3.63) is 102 Å². The quantitative estimate of drug-likeness (QED) is 0.170. The first-order valence-electron chi connectivity index (χ1n) is 14.1. The highest BCUT2D eigenvalue weighted by Crippen LogP contribution is 2.30. The summed E-state index contributed by atoms with van der Waals surface area (Å²) < 4.78 is 21.3. The second-order valence-corrected chi connectivity index (χ2v) is 9.80. The number of piperazine rings is 1. The normalized spacial score (nSPS) is 14.4. The van der Waals surface area contributed by atoms with E-state index < -0.39 is 0 Å². The summed E-state index contributed by atoms with van der Waals surface area (Å²) in [7, 11) is 3.20. The van der Waals surface area contributed by atoms with E-state index in [4.69, 9.17) is 18.9 Å². The minimum absolute atomic E-state index is 0.104. The maximum atomic E-state index is 12.5. The van der Waals surface area contributed by atoms with Crippen molar-refractivity contribution in [3.63, 3.8) is 0 Å². The molecule has 0 radical (unpaired) electrons.